The van der Waals surface area contributed by atoms with Crippen LogP contribution in [0, 0.1) is 0 Å². The fourth-order valence-corrected chi connectivity index (χ4v) is 2.74. The molecule has 90 valence electrons. The molecule has 1 aromatic rings. The molecule has 0 amide bonds. The molecule has 0 heterocycles. The van der Waals surface area contributed by atoms with Gasteiger partial charge in [0.15, 0.2) is 0 Å². The Morgan fingerprint density at radius 1 is 1.31 bits per heavy atom. The molecule has 1 rings (SSSR count). The SMILES string of the molecule is COCCCNCCSc1ccccc1Br. The van der Waals surface area contributed by atoms with Gasteiger partial charge in [0.2, 0.25) is 0 Å². The van der Waals surface area contributed by atoms with Crippen molar-refractivity contribution in [2.75, 3.05) is 32.6 Å². The zero-order chi connectivity index (χ0) is 11.6. The number of rotatable bonds is 8. The second kappa shape index (κ2) is 9.05. The Balaban J connectivity index is 2.05. The van der Waals surface area contributed by atoms with Gasteiger partial charge in [0.25, 0.3) is 0 Å². The average molecular weight is 304 g/mol. The summed E-state index contributed by atoms with van der Waals surface area (Å²) in [7, 11) is 1.74. The van der Waals surface area contributed by atoms with E-state index in [1.165, 1.54) is 9.37 Å². The fourth-order valence-electron chi connectivity index (χ4n) is 1.26. The van der Waals surface area contributed by atoms with Gasteiger partial charge in [0, 0.05) is 35.4 Å². The summed E-state index contributed by atoms with van der Waals surface area (Å²) in [4.78, 5) is 1.31. The van der Waals surface area contributed by atoms with Crippen molar-refractivity contribution in [1.82, 2.24) is 5.32 Å². The molecule has 1 N–H and O–H groups in total. The Morgan fingerprint density at radius 2 is 2.12 bits per heavy atom. The molecule has 4 heteroatoms. The first-order chi connectivity index (χ1) is 7.84. The quantitative estimate of drug-likeness (QED) is 0.589. The summed E-state index contributed by atoms with van der Waals surface area (Å²) >= 11 is 5.41. The Bertz CT molecular complexity index is 296. The molecule has 0 aliphatic rings. The van der Waals surface area contributed by atoms with Crippen molar-refractivity contribution in [1.29, 1.82) is 0 Å². The first-order valence-electron chi connectivity index (χ1n) is 5.41. The van der Waals surface area contributed by atoms with Gasteiger partial charge in [-0.3, -0.25) is 0 Å². The molecule has 0 radical (unpaired) electrons. The minimum Gasteiger partial charge on any atom is -0.385 e. The van der Waals surface area contributed by atoms with Crippen molar-refractivity contribution in [3.63, 3.8) is 0 Å². The molecule has 0 spiro atoms. The van der Waals surface area contributed by atoms with Gasteiger partial charge in [-0.05, 0) is 41.0 Å². The third kappa shape index (κ3) is 5.89. The van der Waals surface area contributed by atoms with Gasteiger partial charge in [-0.2, -0.15) is 0 Å². The van der Waals surface area contributed by atoms with Crippen molar-refractivity contribution in [3.05, 3.63) is 28.7 Å². The highest BCUT2D eigenvalue weighted by molar-refractivity contribution is 9.10. The highest BCUT2D eigenvalue weighted by Gasteiger charge is 1.98. The minimum atomic E-state index is 0.838. The number of ether oxygens (including phenoxy) is 1. The van der Waals surface area contributed by atoms with E-state index in [9.17, 15) is 0 Å². The summed E-state index contributed by atoms with van der Waals surface area (Å²) in [5.41, 5.74) is 0. The number of hydrogen-bond acceptors (Lipinski definition) is 3. The highest BCUT2D eigenvalue weighted by Crippen LogP contribution is 2.26. The molecule has 0 bridgehead atoms. The van der Waals surface area contributed by atoms with E-state index in [0.717, 1.165) is 31.9 Å². The maximum absolute atomic E-state index is 4.98. The maximum atomic E-state index is 4.98. The fraction of sp³-hybridized carbons (Fsp3) is 0.500. The Kier molecular flexibility index (Phi) is 7.93. The van der Waals surface area contributed by atoms with Gasteiger partial charge in [-0.1, -0.05) is 12.1 Å². The third-order valence-electron chi connectivity index (χ3n) is 2.08. The molecule has 0 saturated heterocycles. The predicted octanol–water partition coefficient (Wildman–Crippen LogP) is 3.17. The molecule has 2 nitrogen and oxygen atoms in total. The summed E-state index contributed by atoms with van der Waals surface area (Å²) in [6.07, 6.45) is 1.08. The van der Waals surface area contributed by atoms with Crippen molar-refractivity contribution >= 4 is 27.7 Å². The largest absolute Gasteiger partial charge is 0.385 e. The molecule has 1 aromatic carbocycles. The average Bonchev–Trinajstić information content (AvgIpc) is 2.30. The smallest absolute Gasteiger partial charge is 0.0474 e. The molecule has 0 aromatic heterocycles. The van der Waals surface area contributed by atoms with E-state index in [0.29, 0.717) is 0 Å². The molecule has 0 aliphatic heterocycles. The maximum Gasteiger partial charge on any atom is 0.0474 e. The van der Waals surface area contributed by atoms with Crippen LogP contribution in [0.25, 0.3) is 0 Å². The van der Waals surface area contributed by atoms with E-state index in [2.05, 4.69) is 39.4 Å². The van der Waals surface area contributed by atoms with E-state index in [-0.39, 0.29) is 0 Å². The highest BCUT2D eigenvalue weighted by atomic mass is 79.9. The molecular weight excluding hydrogens is 286 g/mol. The topological polar surface area (TPSA) is 21.3 Å². The number of thioether (sulfide) groups is 1. The van der Waals surface area contributed by atoms with Gasteiger partial charge in [0.05, 0.1) is 0 Å². The number of hydrogen-bond donors (Lipinski definition) is 1. The van der Waals surface area contributed by atoms with Gasteiger partial charge in [0.1, 0.15) is 0 Å². The standard InChI is InChI=1S/C12H18BrNOS/c1-15-9-4-7-14-8-10-16-12-6-3-2-5-11(12)13/h2-3,5-6,14H,4,7-10H2,1H3. The Morgan fingerprint density at radius 3 is 2.88 bits per heavy atom. The molecule has 0 atom stereocenters. The second-order valence-corrected chi connectivity index (χ2v) is 5.37. The lowest BCUT2D eigenvalue weighted by Gasteiger charge is -2.05. The van der Waals surface area contributed by atoms with E-state index in [1.807, 2.05) is 17.8 Å². The van der Waals surface area contributed by atoms with Crippen LogP contribution in [0.2, 0.25) is 0 Å². The summed E-state index contributed by atoms with van der Waals surface area (Å²) in [5.74, 6) is 1.09. The predicted molar refractivity (Wildman–Crippen MR) is 74.2 cm³/mol. The first-order valence-corrected chi connectivity index (χ1v) is 7.19. The molecule has 16 heavy (non-hydrogen) atoms. The first kappa shape index (κ1) is 14.0. The summed E-state index contributed by atoms with van der Waals surface area (Å²) in [5, 5.41) is 3.39. The Hall–Kier alpha value is -0.0300. The summed E-state index contributed by atoms with van der Waals surface area (Å²) in [6, 6.07) is 8.32. The zero-order valence-corrected chi connectivity index (χ0v) is 11.9. The third-order valence-corrected chi connectivity index (χ3v) is 4.10. The Labute approximate surface area is 110 Å². The van der Waals surface area contributed by atoms with Crippen LogP contribution in [0.4, 0.5) is 0 Å². The van der Waals surface area contributed by atoms with E-state index in [1.54, 1.807) is 7.11 Å². The van der Waals surface area contributed by atoms with Gasteiger partial charge >= 0.3 is 0 Å². The van der Waals surface area contributed by atoms with E-state index >= 15 is 0 Å². The lowest BCUT2D eigenvalue weighted by molar-refractivity contribution is 0.194. The number of nitrogens with one attached hydrogen (secondary N) is 1. The number of benzene rings is 1. The van der Waals surface area contributed by atoms with Crippen LogP contribution in [-0.4, -0.2) is 32.6 Å². The van der Waals surface area contributed by atoms with Crippen molar-refractivity contribution < 1.29 is 4.74 Å². The van der Waals surface area contributed by atoms with Crippen LogP contribution >= 0.6 is 27.7 Å². The van der Waals surface area contributed by atoms with Crippen LogP contribution in [-0.2, 0) is 4.74 Å². The van der Waals surface area contributed by atoms with Crippen molar-refractivity contribution in [3.8, 4) is 0 Å². The molecular formula is C12H18BrNOS. The minimum absolute atomic E-state index is 0.838. The van der Waals surface area contributed by atoms with E-state index in [4.69, 9.17) is 4.74 Å². The number of halogens is 1. The molecule has 0 saturated carbocycles. The van der Waals surface area contributed by atoms with Crippen LogP contribution in [0.15, 0.2) is 33.6 Å². The lowest BCUT2D eigenvalue weighted by atomic mass is 10.4. The van der Waals surface area contributed by atoms with Gasteiger partial charge in [-0.15, -0.1) is 11.8 Å². The summed E-state index contributed by atoms with van der Waals surface area (Å²) < 4.78 is 6.16. The molecule has 0 fully saturated rings. The lowest BCUT2D eigenvalue weighted by Crippen LogP contribution is -2.19. The van der Waals surface area contributed by atoms with Gasteiger partial charge in [-0.25, -0.2) is 0 Å². The van der Waals surface area contributed by atoms with Crippen LogP contribution in [0.3, 0.4) is 0 Å². The van der Waals surface area contributed by atoms with Crippen molar-refractivity contribution in [2.24, 2.45) is 0 Å². The molecule has 0 unspecified atom stereocenters. The van der Waals surface area contributed by atoms with E-state index < -0.39 is 0 Å². The van der Waals surface area contributed by atoms with Gasteiger partial charge < -0.3 is 10.1 Å². The molecule has 0 aliphatic carbocycles. The number of methoxy groups -OCH3 is 1. The monoisotopic (exact) mass is 303 g/mol. The van der Waals surface area contributed by atoms with Crippen molar-refractivity contribution in [2.45, 2.75) is 11.3 Å². The normalized spacial score (nSPS) is 10.6. The van der Waals surface area contributed by atoms with Crippen LogP contribution in [0.5, 0.6) is 0 Å². The van der Waals surface area contributed by atoms with Crippen LogP contribution in [0.1, 0.15) is 6.42 Å². The second-order valence-electron chi connectivity index (χ2n) is 3.38. The zero-order valence-electron chi connectivity index (χ0n) is 9.54. The summed E-state index contributed by atoms with van der Waals surface area (Å²) in [6.45, 7) is 2.91. The van der Waals surface area contributed by atoms with Crippen LogP contribution < -0.4 is 5.32 Å².